The molecule has 1 aliphatic heterocycles. The molecule has 3 heterocycles. The minimum atomic E-state index is -0.208. The normalized spacial score (nSPS) is 14.9. The van der Waals surface area contributed by atoms with E-state index in [0.717, 1.165) is 37.1 Å². The van der Waals surface area contributed by atoms with Gasteiger partial charge in [0.15, 0.2) is 0 Å². The Labute approximate surface area is 152 Å². The summed E-state index contributed by atoms with van der Waals surface area (Å²) in [6.45, 7) is 2.03. The van der Waals surface area contributed by atoms with Crippen molar-refractivity contribution < 1.29 is 4.79 Å². The summed E-state index contributed by atoms with van der Waals surface area (Å²) in [7, 11) is 0. The lowest BCUT2D eigenvalue weighted by Crippen LogP contribution is -2.35. The molecule has 1 amide bonds. The molecule has 1 aromatic carbocycles. The zero-order chi connectivity index (χ0) is 17.8. The van der Waals surface area contributed by atoms with E-state index in [4.69, 9.17) is 4.98 Å². The molecule has 1 fully saturated rings. The standard InChI is InChI=1S/C20H21N5O/c26-20(25-17-6-1-2-11-22-17)16-5-3-4-14-7-8-18(24-19(14)16)23-15-9-12-21-13-10-15/h1-8,11,15,21H,9-10,12-13H2,(H,23,24)(H,22,25,26). The SMILES string of the molecule is O=C(Nc1ccccn1)c1cccc2ccc(NC3CCNCC3)nc12. The molecule has 132 valence electrons. The van der Waals surface area contributed by atoms with Gasteiger partial charge in [-0.15, -0.1) is 0 Å². The van der Waals surface area contributed by atoms with E-state index in [1.54, 1.807) is 18.3 Å². The van der Waals surface area contributed by atoms with E-state index in [2.05, 4.69) is 20.9 Å². The summed E-state index contributed by atoms with van der Waals surface area (Å²) in [5.74, 6) is 1.13. The van der Waals surface area contributed by atoms with E-state index in [-0.39, 0.29) is 5.91 Å². The number of hydrogen-bond acceptors (Lipinski definition) is 5. The number of aromatic nitrogens is 2. The predicted molar refractivity (Wildman–Crippen MR) is 103 cm³/mol. The number of nitrogens with zero attached hydrogens (tertiary/aromatic N) is 2. The number of carbonyl (C=O) groups excluding carboxylic acids is 1. The second kappa shape index (κ2) is 7.49. The highest BCUT2D eigenvalue weighted by atomic mass is 16.1. The van der Waals surface area contributed by atoms with Crippen LogP contribution in [-0.4, -0.2) is 35.0 Å². The number of amides is 1. The number of carbonyl (C=O) groups is 1. The van der Waals surface area contributed by atoms with Crippen LogP contribution in [0.1, 0.15) is 23.2 Å². The van der Waals surface area contributed by atoms with Gasteiger partial charge in [0.25, 0.3) is 5.91 Å². The van der Waals surface area contributed by atoms with Crippen molar-refractivity contribution in [2.24, 2.45) is 0 Å². The monoisotopic (exact) mass is 347 g/mol. The number of pyridine rings is 2. The Balaban J connectivity index is 1.61. The molecule has 0 unspecified atom stereocenters. The summed E-state index contributed by atoms with van der Waals surface area (Å²) in [6.07, 6.45) is 3.79. The number of benzene rings is 1. The molecule has 1 aliphatic rings. The van der Waals surface area contributed by atoms with Crippen LogP contribution in [0.3, 0.4) is 0 Å². The average molecular weight is 347 g/mol. The Kier molecular flexibility index (Phi) is 4.75. The topological polar surface area (TPSA) is 78.9 Å². The van der Waals surface area contributed by atoms with Crippen molar-refractivity contribution in [3.05, 3.63) is 60.3 Å². The molecule has 0 radical (unpaired) electrons. The lowest BCUT2D eigenvalue weighted by atomic mass is 10.1. The Morgan fingerprint density at radius 3 is 2.69 bits per heavy atom. The van der Waals surface area contributed by atoms with E-state index in [0.29, 0.717) is 22.9 Å². The first-order valence-corrected chi connectivity index (χ1v) is 8.89. The first kappa shape index (κ1) is 16.5. The molecule has 0 aliphatic carbocycles. The van der Waals surface area contributed by atoms with Gasteiger partial charge in [-0.25, -0.2) is 9.97 Å². The van der Waals surface area contributed by atoms with E-state index in [9.17, 15) is 4.79 Å². The van der Waals surface area contributed by atoms with Gasteiger partial charge >= 0.3 is 0 Å². The molecule has 6 heteroatoms. The van der Waals surface area contributed by atoms with Crippen LogP contribution in [0.25, 0.3) is 10.9 Å². The third kappa shape index (κ3) is 3.65. The Bertz CT molecular complexity index is 906. The van der Waals surface area contributed by atoms with Gasteiger partial charge in [0.1, 0.15) is 11.6 Å². The molecule has 3 N–H and O–H groups in total. The van der Waals surface area contributed by atoms with E-state index in [1.807, 2.05) is 36.4 Å². The van der Waals surface area contributed by atoms with E-state index < -0.39 is 0 Å². The predicted octanol–water partition coefficient (Wildman–Crippen LogP) is 3.05. The molecule has 26 heavy (non-hydrogen) atoms. The van der Waals surface area contributed by atoms with Crippen molar-refractivity contribution in [1.29, 1.82) is 0 Å². The van der Waals surface area contributed by atoms with Gasteiger partial charge in [-0.2, -0.15) is 0 Å². The van der Waals surface area contributed by atoms with E-state index in [1.165, 1.54) is 0 Å². The summed E-state index contributed by atoms with van der Waals surface area (Å²) in [5.41, 5.74) is 1.24. The van der Waals surface area contributed by atoms with Gasteiger partial charge in [-0.1, -0.05) is 18.2 Å². The Morgan fingerprint density at radius 2 is 1.88 bits per heavy atom. The summed E-state index contributed by atoms with van der Waals surface area (Å²) < 4.78 is 0. The molecule has 6 nitrogen and oxygen atoms in total. The zero-order valence-corrected chi connectivity index (χ0v) is 14.4. The molecule has 0 bridgehead atoms. The third-order valence-electron chi connectivity index (χ3n) is 4.56. The van der Waals surface area contributed by atoms with Crippen LogP contribution in [0.5, 0.6) is 0 Å². The van der Waals surface area contributed by atoms with Crippen LogP contribution in [-0.2, 0) is 0 Å². The van der Waals surface area contributed by atoms with Crippen LogP contribution in [0, 0.1) is 0 Å². The van der Waals surface area contributed by atoms with Crippen molar-refractivity contribution in [1.82, 2.24) is 15.3 Å². The second-order valence-electron chi connectivity index (χ2n) is 6.41. The van der Waals surface area contributed by atoms with Crippen molar-refractivity contribution in [3.63, 3.8) is 0 Å². The fraction of sp³-hybridized carbons (Fsp3) is 0.250. The quantitative estimate of drug-likeness (QED) is 0.676. The molecular formula is C20H21N5O. The Morgan fingerprint density at radius 1 is 1.00 bits per heavy atom. The van der Waals surface area contributed by atoms with Crippen LogP contribution in [0.4, 0.5) is 11.6 Å². The highest BCUT2D eigenvalue weighted by Crippen LogP contribution is 2.21. The summed E-state index contributed by atoms with van der Waals surface area (Å²) in [4.78, 5) is 21.6. The van der Waals surface area contributed by atoms with E-state index >= 15 is 0 Å². The molecule has 4 rings (SSSR count). The highest BCUT2D eigenvalue weighted by Gasteiger charge is 2.15. The number of para-hydroxylation sites is 1. The lowest BCUT2D eigenvalue weighted by Gasteiger charge is -2.24. The number of fused-ring (bicyclic) bond motifs is 1. The molecule has 0 saturated carbocycles. The van der Waals surface area contributed by atoms with Crippen LogP contribution in [0.2, 0.25) is 0 Å². The van der Waals surface area contributed by atoms with Gasteiger partial charge in [0, 0.05) is 17.6 Å². The minimum absolute atomic E-state index is 0.208. The summed E-state index contributed by atoms with van der Waals surface area (Å²) in [6, 6.07) is 15.4. The summed E-state index contributed by atoms with van der Waals surface area (Å²) >= 11 is 0. The number of piperidine rings is 1. The minimum Gasteiger partial charge on any atom is -0.367 e. The lowest BCUT2D eigenvalue weighted by molar-refractivity contribution is 0.102. The maximum Gasteiger partial charge on any atom is 0.259 e. The number of anilines is 2. The molecular weight excluding hydrogens is 326 g/mol. The maximum absolute atomic E-state index is 12.7. The highest BCUT2D eigenvalue weighted by molar-refractivity contribution is 6.11. The largest absolute Gasteiger partial charge is 0.367 e. The zero-order valence-electron chi connectivity index (χ0n) is 14.4. The van der Waals surface area contributed by atoms with Crippen molar-refractivity contribution in [2.75, 3.05) is 23.7 Å². The maximum atomic E-state index is 12.7. The van der Waals surface area contributed by atoms with Crippen LogP contribution in [0.15, 0.2) is 54.7 Å². The van der Waals surface area contributed by atoms with Crippen LogP contribution < -0.4 is 16.0 Å². The fourth-order valence-corrected chi connectivity index (χ4v) is 3.21. The number of hydrogen-bond donors (Lipinski definition) is 3. The average Bonchev–Trinajstić information content (AvgIpc) is 2.69. The first-order valence-electron chi connectivity index (χ1n) is 8.89. The van der Waals surface area contributed by atoms with Gasteiger partial charge in [-0.3, -0.25) is 4.79 Å². The second-order valence-corrected chi connectivity index (χ2v) is 6.41. The van der Waals surface area contributed by atoms with Crippen molar-refractivity contribution >= 4 is 28.4 Å². The molecule has 0 atom stereocenters. The number of rotatable bonds is 4. The molecule has 2 aromatic heterocycles. The van der Waals surface area contributed by atoms with Gasteiger partial charge in [0.2, 0.25) is 0 Å². The van der Waals surface area contributed by atoms with Gasteiger partial charge in [0.05, 0.1) is 11.1 Å². The molecule has 0 spiro atoms. The molecule has 1 saturated heterocycles. The smallest absolute Gasteiger partial charge is 0.259 e. The van der Waals surface area contributed by atoms with Crippen molar-refractivity contribution in [3.8, 4) is 0 Å². The first-order chi connectivity index (χ1) is 12.8. The number of nitrogens with one attached hydrogen (secondary N) is 3. The fourth-order valence-electron chi connectivity index (χ4n) is 3.21. The van der Waals surface area contributed by atoms with Crippen LogP contribution >= 0.6 is 0 Å². The molecule has 3 aromatic rings. The summed E-state index contributed by atoms with van der Waals surface area (Å²) in [5, 5.41) is 10.6. The Hall–Kier alpha value is -2.99. The third-order valence-corrected chi connectivity index (χ3v) is 4.56. The van der Waals surface area contributed by atoms with Crippen molar-refractivity contribution in [2.45, 2.75) is 18.9 Å². The van der Waals surface area contributed by atoms with Gasteiger partial charge < -0.3 is 16.0 Å². The van der Waals surface area contributed by atoms with Gasteiger partial charge in [-0.05, 0) is 56.3 Å².